The van der Waals surface area contributed by atoms with Crippen LogP contribution in [0.15, 0.2) is 24.3 Å². The summed E-state index contributed by atoms with van der Waals surface area (Å²) >= 11 is 0.958. The van der Waals surface area contributed by atoms with Crippen LogP contribution in [0.3, 0.4) is 0 Å². The minimum Gasteiger partial charge on any atom is -0.493 e. The Labute approximate surface area is 102 Å². The highest BCUT2D eigenvalue weighted by Gasteiger charge is 2.31. The highest BCUT2D eigenvalue weighted by atomic mass is 32.2. The Morgan fingerprint density at radius 3 is 2.88 bits per heavy atom. The van der Waals surface area contributed by atoms with Crippen LogP contribution in [0.4, 0.5) is 9.18 Å². The predicted octanol–water partition coefficient (Wildman–Crippen LogP) is 1.95. The summed E-state index contributed by atoms with van der Waals surface area (Å²) < 4.78 is 18.1. The molecule has 1 N–H and O–H groups in total. The average Bonchev–Trinajstić information content (AvgIpc) is 2.58. The molecule has 0 spiro atoms. The summed E-state index contributed by atoms with van der Waals surface area (Å²) in [5, 5.41) is 1.46. The first kappa shape index (κ1) is 11.9. The second-order valence-electron chi connectivity index (χ2n) is 3.48. The van der Waals surface area contributed by atoms with Crippen molar-refractivity contribution in [2.75, 3.05) is 6.61 Å². The van der Waals surface area contributed by atoms with Crippen molar-refractivity contribution in [3.8, 4) is 5.75 Å². The van der Waals surface area contributed by atoms with Gasteiger partial charge in [0.2, 0.25) is 5.91 Å². The van der Waals surface area contributed by atoms with Crippen LogP contribution in [0.1, 0.15) is 6.42 Å². The first-order chi connectivity index (χ1) is 8.15. The van der Waals surface area contributed by atoms with Gasteiger partial charge in [0.25, 0.3) is 5.24 Å². The van der Waals surface area contributed by atoms with E-state index in [-0.39, 0.29) is 23.6 Å². The molecule has 1 aliphatic heterocycles. The third kappa shape index (κ3) is 3.20. The maximum Gasteiger partial charge on any atom is 0.286 e. The summed E-state index contributed by atoms with van der Waals surface area (Å²) in [6, 6.07) is 5.78. The number of benzene rings is 1. The molecule has 1 aliphatic rings. The molecule has 4 nitrogen and oxygen atoms in total. The third-order valence-corrected chi connectivity index (χ3v) is 3.26. The zero-order chi connectivity index (χ0) is 12.3. The van der Waals surface area contributed by atoms with Gasteiger partial charge < -0.3 is 4.74 Å². The van der Waals surface area contributed by atoms with Crippen molar-refractivity contribution in [2.24, 2.45) is 0 Å². The van der Waals surface area contributed by atoms with Crippen LogP contribution >= 0.6 is 11.8 Å². The van der Waals surface area contributed by atoms with Crippen molar-refractivity contribution in [2.45, 2.75) is 11.7 Å². The lowest BCUT2D eigenvalue weighted by Gasteiger charge is -2.07. The number of hydrogen-bond donors (Lipinski definition) is 1. The van der Waals surface area contributed by atoms with Crippen LogP contribution in [-0.4, -0.2) is 23.0 Å². The van der Waals surface area contributed by atoms with Crippen molar-refractivity contribution in [3.05, 3.63) is 30.1 Å². The summed E-state index contributed by atoms with van der Waals surface area (Å²) in [4.78, 5) is 22.1. The second kappa shape index (κ2) is 5.18. The van der Waals surface area contributed by atoms with Crippen molar-refractivity contribution in [1.82, 2.24) is 5.32 Å². The van der Waals surface area contributed by atoms with Gasteiger partial charge in [-0.1, -0.05) is 17.8 Å². The topological polar surface area (TPSA) is 55.4 Å². The molecule has 1 aromatic carbocycles. The number of carbonyl (C=O) groups excluding carboxylic acids is 2. The number of amides is 2. The highest BCUT2D eigenvalue weighted by molar-refractivity contribution is 8.15. The van der Waals surface area contributed by atoms with E-state index >= 15 is 0 Å². The van der Waals surface area contributed by atoms with Gasteiger partial charge in [0, 0.05) is 12.5 Å². The molecule has 1 atom stereocenters. The Bertz CT molecular complexity index is 452. The minimum atomic E-state index is -0.406. The number of carbonyl (C=O) groups is 2. The van der Waals surface area contributed by atoms with E-state index in [0.717, 1.165) is 11.8 Å². The second-order valence-corrected chi connectivity index (χ2v) is 4.65. The van der Waals surface area contributed by atoms with Crippen LogP contribution in [0.25, 0.3) is 0 Å². The van der Waals surface area contributed by atoms with Crippen molar-refractivity contribution in [1.29, 1.82) is 0 Å². The van der Waals surface area contributed by atoms with Crippen LogP contribution < -0.4 is 10.1 Å². The van der Waals surface area contributed by atoms with E-state index < -0.39 is 5.25 Å². The highest BCUT2D eigenvalue weighted by Crippen LogP contribution is 2.22. The number of ether oxygens (including phenoxy) is 1. The Kier molecular flexibility index (Phi) is 3.63. The molecule has 6 heteroatoms. The molecule has 0 saturated carbocycles. The van der Waals surface area contributed by atoms with Gasteiger partial charge in [-0.3, -0.25) is 14.9 Å². The summed E-state index contributed by atoms with van der Waals surface area (Å²) in [6.45, 7) is 0.266. The van der Waals surface area contributed by atoms with Crippen LogP contribution in [0.2, 0.25) is 0 Å². The zero-order valence-corrected chi connectivity index (χ0v) is 9.63. The van der Waals surface area contributed by atoms with Gasteiger partial charge in [-0.15, -0.1) is 0 Å². The molecule has 2 rings (SSSR count). The van der Waals surface area contributed by atoms with E-state index in [4.69, 9.17) is 4.74 Å². The smallest absolute Gasteiger partial charge is 0.286 e. The molecule has 90 valence electrons. The largest absolute Gasteiger partial charge is 0.493 e. The van der Waals surface area contributed by atoms with Crippen LogP contribution in [0.5, 0.6) is 5.75 Å². The fourth-order valence-electron chi connectivity index (χ4n) is 1.42. The minimum absolute atomic E-state index is 0.266. The molecule has 17 heavy (non-hydrogen) atoms. The number of rotatable bonds is 4. The van der Waals surface area contributed by atoms with Gasteiger partial charge in [-0.05, 0) is 12.1 Å². The van der Waals surface area contributed by atoms with E-state index in [1.807, 2.05) is 0 Å². The van der Waals surface area contributed by atoms with E-state index in [0.29, 0.717) is 12.2 Å². The lowest BCUT2D eigenvalue weighted by Crippen LogP contribution is -2.25. The number of halogens is 1. The predicted molar refractivity (Wildman–Crippen MR) is 61.4 cm³/mol. The molecule has 0 bridgehead atoms. The molecule has 1 unspecified atom stereocenters. The molecule has 1 saturated heterocycles. The Morgan fingerprint density at radius 2 is 2.24 bits per heavy atom. The first-order valence-corrected chi connectivity index (χ1v) is 5.93. The van der Waals surface area contributed by atoms with E-state index in [1.165, 1.54) is 12.1 Å². The molecule has 0 aliphatic carbocycles. The van der Waals surface area contributed by atoms with Crippen molar-refractivity contribution in [3.63, 3.8) is 0 Å². The lowest BCUT2D eigenvalue weighted by molar-refractivity contribution is -0.119. The summed E-state index contributed by atoms with van der Waals surface area (Å²) in [6.07, 6.45) is 0.415. The normalized spacial score (nSPS) is 19.2. The van der Waals surface area contributed by atoms with E-state index in [2.05, 4.69) is 5.32 Å². The van der Waals surface area contributed by atoms with Gasteiger partial charge in [0.1, 0.15) is 11.6 Å². The first-order valence-electron chi connectivity index (χ1n) is 5.05. The van der Waals surface area contributed by atoms with Crippen LogP contribution in [-0.2, 0) is 4.79 Å². The van der Waals surface area contributed by atoms with Gasteiger partial charge in [0.05, 0.1) is 11.9 Å². The molecular weight excluding hydrogens is 245 g/mol. The maximum atomic E-state index is 12.8. The maximum absolute atomic E-state index is 12.8. The van der Waals surface area contributed by atoms with Crippen molar-refractivity contribution >= 4 is 22.9 Å². The molecule has 1 heterocycles. The Morgan fingerprint density at radius 1 is 1.41 bits per heavy atom. The lowest BCUT2D eigenvalue weighted by atomic mass is 10.3. The summed E-state index contributed by atoms with van der Waals surface area (Å²) in [5.41, 5.74) is 0. The summed E-state index contributed by atoms with van der Waals surface area (Å²) in [5.74, 6) is -0.242. The fraction of sp³-hybridized carbons (Fsp3) is 0.273. The molecule has 0 radical (unpaired) electrons. The summed E-state index contributed by atoms with van der Waals surface area (Å²) in [7, 11) is 0. The molecular formula is C11H10FNO3S. The standard InChI is InChI=1S/C11H10FNO3S/c12-7-2-1-3-8(6-7)16-5-4-9-10(14)13-11(15)17-9/h1-3,6,9H,4-5H2,(H,13,14,15). The van der Waals surface area contributed by atoms with Gasteiger partial charge >= 0.3 is 0 Å². The Hall–Kier alpha value is -1.56. The quantitative estimate of drug-likeness (QED) is 0.893. The monoisotopic (exact) mass is 255 g/mol. The van der Waals surface area contributed by atoms with E-state index in [1.54, 1.807) is 12.1 Å². The third-order valence-electron chi connectivity index (χ3n) is 2.21. The van der Waals surface area contributed by atoms with Gasteiger partial charge in [-0.2, -0.15) is 0 Å². The molecule has 1 aromatic rings. The molecule has 2 amide bonds. The van der Waals surface area contributed by atoms with E-state index in [9.17, 15) is 14.0 Å². The number of hydrogen-bond acceptors (Lipinski definition) is 4. The fourth-order valence-corrected chi connectivity index (χ4v) is 2.22. The zero-order valence-electron chi connectivity index (χ0n) is 8.81. The van der Waals surface area contributed by atoms with Crippen LogP contribution in [0, 0.1) is 5.82 Å². The Balaban J connectivity index is 1.80. The number of imide groups is 1. The van der Waals surface area contributed by atoms with Crippen molar-refractivity contribution < 1.29 is 18.7 Å². The molecule has 1 fully saturated rings. The SMILES string of the molecule is O=C1NC(=O)C(CCOc2cccc(F)c2)S1. The average molecular weight is 255 g/mol. The van der Waals surface area contributed by atoms with Gasteiger partial charge in [0.15, 0.2) is 0 Å². The number of nitrogens with one attached hydrogen (secondary N) is 1. The molecule has 0 aromatic heterocycles. The number of thioether (sulfide) groups is 1. The van der Waals surface area contributed by atoms with Gasteiger partial charge in [-0.25, -0.2) is 4.39 Å².